The normalized spacial score (nSPS) is 16.8. The molecule has 1 aromatic carbocycles. The Kier molecular flexibility index (Phi) is 3.75. The molecule has 2 heterocycles. The van der Waals surface area contributed by atoms with Crippen LogP contribution in [0.15, 0.2) is 41.8 Å². The zero-order valence-corrected chi connectivity index (χ0v) is 12.2. The fourth-order valence-corrected chi connectivity index (χ4v) is 3.47. The van der Waals surface area contributed by atoms with Crippen LogP contribution in [0.1, 0.15) is 22.8 Å². The van der Waals surface area contributed by atoms with Crippen molar-refractivity contribution in [2.24, 2.45) is 0 Å². The molecule has 0 saturated carbocycles. The highest BCUT2D eigenvalue weighted by molar-refractivity contribution is 7.10. The van der Waals surface area contributed by atoms with Crippen molar-refractivity contribution in [3.8, 4) is 0 Å². The number of nitrogens with zero attached hydrogens (tertiary/aromatic N) is 1. The van der Waals surface area contributed by atoms with Crippen molar-refractivity contribution in [3.63, 3.8) is 0 Å². The van der Waals surface area contributed by atoms with Gasteiger partial charge in [-0.15, -0.1) is 11.3 Å². The summed E-state index contributed by atoms with van der Waals surface area (Å²) in [6.07, 6.45) is 0.422. The van der Waals surface area contributed by atoms with Crippen LogP contribution in [0.2, 0.25) is 0 Å². The van der Waals surface area contributed by atoms with Crippen molar-refractivity contribution in [3.05, 3.63) is 52.2 Å². The summed E-state index contributed by atoms with van der Waals surface area (Å²) in [6, 6.07) is 11.5. The van der Waals surface area contributed by atoms with E-state index in [0.717, 1.165) is 16.1 Å². The van der Waals surface area contributed by atoms with Gasteiger partial charge < -0.3 is 10.0 Å². The van der Waals surface area contributed by atoms with Crippen LogP contribution in [-0.2, 0) is 16.0 Å². The lowest BCUT2D eigenvalue weighted by atomic mass is 9.98. The third-order valence-corrected chi connectivity index (χ3v) is 4.57. The van der Waals surface area contributed by atoms with Crippen LogP contribution < -0.4 is 4.90 Å². The van der Waals surface area contributed by atoms with Crippen molar-refractivity contribution in [2.75, 3.05) is 11.4 Å². The average Bonchev–Trinajstić information content (AvgIpc) is 3.07. The molecule has 1 amide bonds. The molecular formula is C16H15NO3S. The summed E-state index contributed by atoms with van der Waals surface area (Å²) < 4.78 is 0. The van der Waals surface area contributed by atoms with Crippen LogP contribution >= 0.6 is 11.3 Å². The number of carboxylic acid groups (broad SMARTS) is 1. The Morgan fingerprint density at radius 2 is 2.05 bits per heavy atom. The summed E-state index contributed by atoms with van der Waals surface area (Å²) in [6.45, 7) is 0.454. The van der Waals surface area contributed by atoms with Gasteiger partial charge in [-0.1, -0.05) is 24.3 Å². The molecule has 3 rings (SSSR count). The first-order chi connectivity index (χ1) is 10.1. The van der Waals surface area contributed by atoms with Gasteiger partial charge in [0.05, 0.1) is 12.8 Å². The molecule has 0 fully saturated rings. The number of para-hydroxylation sites is 1. The molecule has 1 aromatic heterocycles. The lowest BCUT2D eigenvalue weighted by Gasteiger charge is -2.17. The summed E-state index contributed by atoms with van der Waals surface area (Å²) in [5, 5.41) is 11.0. The quantitative estimate of drug-likeness (QED) is 0.944. The van der Waals surface area contributed by atoms with E-state index in [9.17, 15) is 9.59 Å². The number of carbonyl (C=O) groups is 2. The largest absolute Gasteiger partial charge is 0.481 e. The summed E-state index contributed by atoms with van der Waals surface area (Å²) in [5.41, 5.74) is 1.81. The van der Waals surface area contributed by atoms with Gasteiger partial charge in [0.2, 0.25) is 5.91 Å². The van der Waals surface area contributed by atoms with Gasteiger partial charge in [-0.25, -0.2) is 0 Å². The number of rotatable bonds is 4. The highest BCUT2D eigenvalue weighted by atomic mass is 32.1. The maximum absolute atomic E-state index is 12.5. The van der Waals surface area contributed by atoms with Gasteiger partial charge in [-0.2, -0.15) is 0 Å². The monoisotopic (exact) mass is 301 g/mol. The second kappa shape index (κ2) is 5.69. The third kappa shape index (κ3) is 2.83. The maximum atomic E-state index is 12.5. The van der Waals surface area contributed by atoms with Crippen LogP contribution in [0.5, 0.6) is 0 Å². The van der Waals surface area contributed by atoms with Crippen LogP contribution in [0.25, 0.3) is 0 Å². The number of carboxylic acids is 1. The van der Waals surface area contributed by atoms with E-state index in [0.29, 0.717) is 13.0 Å². The molecule has 5 heteroatoms. The molecular weight excluding hydrogens is 286 g/mol. The molecule has 1 unspecified atom stereocenters. The van der Waals surface area contributed by atoms with Crippen molar-refractivity contribution in [1.82, 2.24) is 0 Å². The lowest BCUT2D eigenvalue weighted by molar-refractivity contribution is -0.137. The summed E-state index contributed by atoms with van der Waals surface area (Å²) >= 11 is 1.56. The summed E-state index contributed by atoms with van der Waals surface area (Å²) in [5.74, 6) is -0.925. The number of thiophene rings is 1. The fourth-order valence-electron chi connectivity index (χ4n) is 2.77. The molecule has 1 aliphatic heterocycles. The molecule has 0 bridgehead atoms. The predicted molar refractivity (Wildman–Crippen MR) is 81.8 cm³/mol. The number of aliphatic carboxylic acids is 1. The van der Waals surface area contributed by atoms with E-state index in [1.54, 1.807) is 16.2 Å². The number of hydrogen-bond acceptors (Lipinski definition) is 3. The van der Waals surface area contributed by atoms with Crippen molar-refractivity contribution >= 4 is 28.9 Å². The molecule has 1 aliphatic rings. The fraction of sp³-hybridized carbons (Fsp3) is 0.250. The minimum Gasteiger partial charge on any atom is -0.481 e. The molecule has 108 valence electrons. The van der Waals surface area contributed by atoms with E-state index in [1.165, 1.54) is 0 Å². The molecule has 1 atom stereocenters. The highest BCUT2D eigenvalue weighted by Crippen LogP contribution is 2.38. The smallest absolute Gasteiger partial charge is 0.304 e. The van der Waals surface area contributed by atoms with Crippen LogP contribution in [0, 0.1) is 0 Å². The Hall–Kier alpha value is -2.14. The van der Waals surface area contributed by atoms with E-state index < -0.39 is 5.97 Å². The topological polar surface area (TPSA) is 57.6 Å². The summed E-state index contributed by atoms with van der Waals surface area (Å²) in [7, 11) is 0. The number of hydrogen-bond donors (Lipinski definition) is 1. The van der Waals surface area contributed by atoms with E-state index in [-0.39, 0.29) is 18.2 Å². The Balaban J connectivity index is 1.83. The SMILES string of the molecule is O=C(O)CC1CN(C(=O)Cc2cccs2)c2ccccc21. The standard InChI is InChI=1S/C16H15NO3S/c18-15(9-12-4-3-7-21-12)17-10-11(8-16(19)20)13-5-1-2-6-14(13)17/h1-7,11H,8-10H2,(H,19,20). The molecule has 2 aromatic rings. The van der Waals surface area contributed by atoms with Gasteiger partial charge in [-0.05, 0) is 23.1 Å². The van der Waals surface area contributed by atoms with Gasteiger partial charge in [0.15, 0.2) is 0 Å². The van der Waals surface area contributed by atoms with Crippen LogP contribution in [0.3, 0.4) is 0 Å². The second-order valence-electron chi connectivity index (χ2n) is 5.11. The van der Waals surface area contributed by atoms with Crippen molar-refractivity contribution in [1.29, 1.82) is 0 Å². The van der Waals surface area contributed by atoms with Crippen molar-refractivity contribution < 1.29 is 14.7 Å². The number of benzene rings is 1. The Morgan fingerprint density at radius 1 is 1.24 bits per heavy atom. The molecule has 1 N–H and O–H groups in total. The number of fused-ring (bicyclic) bond motifs is 1. The van der Waals surface area contributed by atoms with Crippen LogP contribution in [0.4, 0.5) is 5.69 Å². The van der Waals surface area contributed by atoms with E-state index in [4.69, 9.17) is 5.11 Å². The first kappa shape index (κ1) is 13.8. The van der Waals surface area contributed by atoms with Gasteiger partial charge in [0.1, 0.15) is 0 Å². The Bertz CT molecular complexity index is 666. The number of anilines is 1. The molecule has 0 aliphatic carbocycles. The maximum Gasteiger partial charge on any atom is 0.304 e. The van der Waals surface area contributed by atoms with E-state index >= 15 is 0 Å². The molecule has 0 saturated heterocycles. The summed E-state index contributed by atoms with van der Waals surface area (Å²) in [4.78, 5) is 26.2. The average molecular weight is 301 g/mol. The first-order valence-electron chi connectivity index (χ1n) is 6.78. The van der Waals surface area contributed by atoms with E-state index in [2.05, 4.69) is 0 Å². The molecule has 4 nitrogen and oxygen atoms in total. The van der Waals surface area contributed by atoms with Crippen molar-refractivity contribution in [2.45, 2.75) is 18.8 Å². The predicted octanol–water partition coefficient (Wildman–Crippen LogP) is 2.90. The number of carbonyl (C=O) groups excluding carboxylic acids is 1. The minimum absolute atomic E-state index is 0.0257. The van der Waals surface area contributed by atoms with Gasteiger partial charge in [-0.3, -0.25) is 9.59 Å². The molecule has 0 radical (unpaired) electrons. The van der Waals surface area contributed by atoms with Gasteiger partial charge in [0, 0.05) is 23.0 Å². The highest BCUT2D eigenvalue weighted by Gasteiger charge is 2.33. The number of amides is 1. The van der Waals surface area contributed by atoms with Crippen LogP contribution in [-0.4, -0.2) is 23.5 Å². The van der Waals surface area contributed by atoms with E-state index in [1.807, 2.05) is 41.8 Å². The van der Waals surface area contributed by atoms with Gasteiger partial charge in [0.25, 0.3) is 0 Å². The molecule has 0 spiro atoms. The zero-order chi connectivity index (χ0) is 14.8. The first-order valence-corrected chi connectivity index (χ1v) is 7.66. The Morgan fingerprint density at radius 3 is 2.76 bits per heavy atom. The minimum atomic E-state index is -0.831. The zero-order valence-electron chi connectivity index (χ0n) is 11.4. The van der Waals surface area contributed by atoms with Gasteiger partial charge >= 0.3 is 5.97 Å². The second-order valence-corrected chi connectivity index (χ2v) is 6.15. The lowest BCUT2D eigenvalue weighted by Crippen LogP contribution is -2.31. The Labute approximate surface area is 126 Å². The third-order valence-electron chi connectivity index (χ3n) is 3.70. The molecule has 21 heavy (non-hydrogen) atoms.